The second-order valence-electron chi connectivity index (χ2n) is 5.91. The lowest BCUT2D eigenvalue weighted by Gasteiger charge is -2.25. The van der Waals surface area contributed by atoms with E-state index in [1.54, 1.807) is 0 Å². The van der Waals surface area contributed by atoms with Gasteiger partial charge >= 0.3 is 0 Å². The fraction of sp³-hybridized carbons (Fsp3) is 0.611. The zero-order chi connectivity index (χ0) is 16.4. The highest BCUT2D eigenvalue weighted by atomic mass is 127. The average molecular weight is 432 g/mol. The fourth-order valence-electron chi connectivity index (χ4n) is 2.47. The van der Waals surface area contributed by atoms with Gasteiger partial charge in [0.05, 0.1) is 0 Å². The Balaban J connectivity index is 0.00000484. The van der Waals surface area contributed by atoms with Crippen molar-refractivity contribution < 1.29 is 0 Å². The van der Waals surface area contributed by atoms with Crippen LogP contribution in [0.1, 0.15) is 39.2 Å². The Morgan fingerprint density at radius 1 is 1.13 bits per heavy atom. The number of rotatable bonds is 8. The van der Waals surface area contributed by atoms with E-state index < -0.39 is 0 Å². The lowest BCUT2D eigenvalue weighted by molar-refractivity contribution is 0.237. The van der Waals surface area contributed by atoms with E-state index in [1.165, 1.54) is 5.56 Å². The topological polar surface area (TPSA) is 39.7 Å². The van der Waals surface area contributed by atoms with Gasteiger partial charge in [0.2, 0.25) is 0 Å². The van der Waals surface area contributed by atoms with E-state index in [4.69, 9.17) is 0 Å². The smallest absolute Gasteiger partial charge is 0.191 e. The summed E-state index contributed by atoms with van der Waals surface area (Å²) in [6.45, 7) is 12.8. The third-order valence-electron chi connectivity index (χ3n) is 4.00. The van der Waals surface area contributed by atoms with Crippen LogP contribution in [0.15, 0.2) is 35.3 Å². The van der Waals surface area contributed by atoms with Gasteiger partial charge in [-0.3, -0.25) is 9.89 Å². The highest BCUT2D eigenvalue weighted by molar-refractivity contribution is 14.0. The Morgan fingerprint density at radius 2 is 1.78 bits per heavy atom. The molecule has 0 aliphatic rings. The molecule has 0 saturated heterocycles. The van der Waals surface area contributed by atoms with E-state index in [1.807, 2.05) is 7.05 Å². The predicted octanol–water partition coefficient (Wildman–Crippen LogP) is 3.30. The Labute approximate surface area is 159 Å². The number of hydrogen-bond acceptors (Lipinski definition) is 2. The minimum absolute atomic E-state index is 0. The van der Waals surface area contributed by atoms with E-state index in [2.05, 4.69) is 78.6 Å². The highest BCUT2D eigenvalue weighted by Crippen LogP contribution is 2.12. The molecule has 0 heterocycles. The minimum atomic E-state index is 0. The first-order valence-electron chi connectivity index (χ1n) is 8.32. The summed E-state index contributed by atoms with van der Waals surface area (Å²) >= 11 is 0. The van der Waals surface area contributed by atoms with Crippen LogP contribution in [0.25, 0.3) is 0 Å². The van der Waals surface area contributed by atoms with Crippen LogP contribution >= 0.6 is 24.0 Å². The van der Waals surface area contributed by atoms with E-state index >= 15 is 0 Å². The van der Waals surface area contributed by atoms with Crippen molar-refractivity contribution in [3.8, 4) is 0 Å². The first kappa shape index (κ1) is 22.2. The Morgan fingerprint density at radius 3 is 2.30 bits per heavy atom. The van der Waals surface area contributed by atoms with Gasteiger partial charge in [0, 0.05) is 32.7 Å². The monoisotopic (exact) mass is 432 g/mol. The molecule has 0 bridgehead atoms. The van der Waals surface area contributed by atoms with Gasteiger partial charge in [0.1, 0.15) is 0 Å². The van der Waals surface area contributed by atoms with Crippen LogP contribution < -0.4 is 10.6 Å². The third-order valence-corrected chi connectivity index (χ3v) is 4.00. The van der Waals surface area contributed by atoms with Gasteiger partial charge in [-0.25, -0.2) is 0 Å². The van der Waals surface area contributed by atoms with Crippen LogP contribution in [0.5, 0.6) is 0 Å². The molecule has 23 heavy (non-hydrogen) atoms. The van der Waals surface area contributed by atoms with Gasteiger partial charge in [-0.2, -0.15) is 0 Å². The van der Waals surface area contributed by atoms with Gasteiger partial charge in [-0.15, -0.1) is 24.0 Å². The molecule has 0 aliphatic carbocycles. The zero-order valence-electron chi connectivity index (χ0n) is 15.2. The van der Waals surface area contributed by atoms with E-state index in [-0.39, 0.29) is 24.0 Å². The zero-order valence-corrected chi connectivity index (χ0v) is 17.5. The first-order chi connectivity index (χ1) is 10.6. The maximum absolute atomic E-state index is 4.30. The number of nitrogens with zero attached hydrogens (tertiary/aromatic N) is 2. The number of halogens is 1. The molecular weight excluding hydrogens is 399 g/mol. The van der Waals surface area contributed by atoms with Crippen LogP contribution in [0.4, 0.5) is 0 Å². The second-order valence-corrected chi connectivity index (χ2v) is 5.91. The molecule has 0 radical (unpaired) electrons. The number of guanidine groups is 1. The molecule has 0 spiro atoms. The number of likely N-dealkylation sites (N-methyl/N-ethyl adjacent to an activating group) is 1. The van der Waals surface area contributed by atoms with Crippen molar-refractivity contribution >= 4 is 29.9 Å². The molecule has 1 atom stereocenters. The van der Waals surface area contributed by atoms with Gasteiger partial charge in [-0.05, 0) is 31.9 Å². The number of aliphatic imine (C=N–C) groups is 1. The molecule has 0 amide bonds. The molecule has 0 fully saturated rings. The van der Waals surface area contributed by atoms with Crippen molar-refractivity contribution in [3.63, 3.8) is 0 Å². The van der Waals surface area contributed by atoms with Crippen LogP contribution in [-0.2, 0) is 0 Å². The van der Waals surface area contributed by atoms with Crippen LogP contribution in [0.2, 0.25) is 0 Å². The maximum Gasteiger partial charge on any atom is 0.191 e. The van der Waals surface area contributed by atoms with E-state index in [9.17, 15) is 0 Å². The van der Waals surface area contributed by atoms with E-state index in [0.29, 0.717) is 12.0 Å². The molecule has 2 N–H and O–H groups in total. The van der Waals surface area contributed by atoms with Crippen LogP contribution in [0, 0.1) is 0 Å². The van der Waals surface area contributed by atoms with Crippen molar-refractivity contribution in [3.05, 3.63) is 35.9 Å². The number of hydrogen-bond donors (Lipinski definition) is 2. The molecule has 5 heteroatoms. The second kappa shape index (κ2) is 12.6. The Kier molecular flexibility index (Phi) is 12.1. The Hall–Kier alpha value is -0.820. The lowest BCUT2D eigenvalue weighted by atomic mass is 10.0. The lowest BCUT2D eigenvalue weighted by Crippen LogP contribution is -2.43. The van der Waals surface area contributed by atoms with Gasteiger partial charge < -0.3 is 10.6 Å². The summed E-state index contributed by atoms with van der Waals surface area (Å²) in [5.74, 6) is 1.34. The van der Waals surface area contributed by atoms with Crippen molar-refractivity contribution in [1.82, 2.24) is 15.5 Å². The van der Waals surface area contributed by atoms with Gasteiger partial charge in [0.25, 0.3) is 0 Å². The molecule has 1 aromatic rings. The largest absolute Gasteiger partial charge is 0.356 e. The van der Waals surface area contributed by atoms with Crippen LogP contribution in [0.3, 0.4) is 0 Å². The fourth-order valence-corrected chi connectivity index (χ4v) is 2.47. The summed E-state index contributed by atoms with van der Waals surface area (Å²) in [7, 11) is 1.82. The summed E-state index contributed by atoms with van der Waals surface area (Å²) in [5.41, 5.74) is 1.35. The average Bonchev–Trinajstić information content (AvgIpc) is 2.54. The molecule has 0 saturated carbocycles. The molecule has 132 valence electrons. The standard InChI is InChI=1S/C18H32N4.HI/c1-6-22(15(2)3)13-12-20-18(19-5)21-14-16(4)17-10-8-7-9-11-17;/h7-11,15-16H,6,12-14H2,1-5H3,(H2,19,20,21);1H. The Bertz CT molecular complexity index is 434. The van der Waals surface area contributed by atoms with Crippen molar-refractivity contribution in [2.24, 2.45) is 4.99 Å². The summed E-state index contributed by atoms with van der Waals surface area (Å²) in [4.78, 5) is 6.73. The van der Waals surface area contributed by atoms with E-state index in [0.717, 1.165) is 32.1 Å². The highest BCUT2D eigenvalue weighted by Gasteiger charge is 2.08. The van der Waals surface area contributed by atoms with Crippen molar-refractivity contribution in [2.45, 2.75) is 39.7 Å². The van der Waals surface area contributed by atoms with Crippen LogP contribution in [-0.4, -0.2) is 50.1 Å². The van der Waals surface area contributed by atoms with Gasteiger partial charge in [-0.1, -0.05) is 44.2 Å². The normalized spacial score (nSPS) is 12.9. The summed E-state index contributed by atoms with van der Waals surface area (Å²) < 4.78 is 0. The molecular formula is C18H33IN4. The molecule has 1 rings (SSSR count). The number of benzene rings is 1. The van der Waals surface area contributed by atoms with Crippen molar-refractivity contribution in [1.29, 1.82) is 0 Å². The molecule has 0 aromatic heterocycles. The summed E-state index contributed by atoms with van der Waals surface area (Å²) in [5, 5.41) is 6.80. The molecule has 0 aliphatic heterocycles. The first-order valence-corrected chi connectivity index (χ1v) is 8.32. The minimum Gasteiger partial charge on any atom is -0.356 e. The molecule has 1 unspecified atom stereocenters. The maximum atomic E-state index is 4.30. The summed E-state index contributed by atoms with van der Waals surface area (Å²) in [6, 6.07) is 11.2. The SMILES string of the molecule is CCN(CCNC(=NC)NCC(C)c1ccccc1)C(C)C.I. The van der Waals surface area contributed by atoms with Crippen molar-refractivity contribution in [2.75, 3.05) is 33.2 Å². The third kappa shape index (κ3) is 8.55. The van der Waals surface area contributed by atoms with Gasteiger partial charge in [0.15, 0.2) is 5.96 Å². The molecule has 4 nitrogen and oxygen atoms in total. The summed E-state index contributed by atoms with van der Waals surface area (Å²) in [6.07, 6.45) is 0. The predicted molar refractivity (Wildman–Crippen MR) is 112 cm³/mol. The molecule has 1 aromatic carbocycles. The number of nitrogens with one attached hydrogen (secondary N) is 2. The quantitative estimate of drug-likeness (QED) is 0.376.